The van der Waals surface area contributed by atoms with E-state index < -0.39 is 0 Å². The molecule has 3 aromatic rings. The minimum Gasteiger partial charge on any atom is -0.352 e. The summed E-state index contributed by atoms with van der Waals surface area (Å²) in [6, 6.07) is 16.8. The molecule has 6 nitrogen and oxygen atoms in total. The molecule has 0 atom stereocenters. The lowest BCUT2D eigenvalue weighted by Gasteiger charge is -2.22. The van der Waals surface area contributed by atoms with E-state index in [1.165, 1.54) is 5.56 Å². The molecule has 0 bridgehead atoms. The Labute approximate surface area is 189 Å². The van der Waals surface area contributed by atoms with E-state index in [1.807, 2.05) is 41.8 Å². The van der Waals surface area contributed by atoms with Crippen LogP contribution in [0.4, 0.5) is 0 Å². The van der Waals surface area contributed by atoms with Gasteiger partial charge in [-0.25, -0.2) is 0 Å². The minimum atomic E-state index is -0.00897. The van der Waals surface area contributed by atoms with Crippen LogP contribution in [0, 0.1) is 11.7 Å². The molecule has 31 heavy (non-hydrogen) atoms. The third-order valence-electron chi connectivity index (χ3n) is 5.49. The number of carbonyl (C=O) groups excluding carboxylic acids is 1. The van der Waals surface area contributed by atoms with Crippen LogP contribution >= 0.6 is 12.2 Å². The van der Waals surface area contributed by atoms with Crippen molar-refractivity contribution in [3.63, 3.8) is 0 Å². The van der Waals surface area contributed by atoms with Crippen LogP contribution in [0.25, 0.3) is 11.4 Å². The summed E-state index contributed by atoms with van der Waals surface area (Å²) in [6.07, 6.45) is 0.334. The van der Waals surface area contributed by atoms with Gasteiger partial charge in [0, 0.05) is 37.7 Å². The lowest BCUT2D eigenvalue weighted by Crippen LogP contribution is -2.28. The van der Waals surface area contributed by atoms with Crippen LogP contribution in [-0.2, 0) is 24.4 Å². The van der Waals surface area contributed by atoms with Crippen LogP contribution < -0.4 is 5.32 Å². The first-order valence-electron chi connectivity index (χ1n) is 10.6. The van der Waals surface area contributed by atoms with Crippen molar-refractivity contribution >= 4 is 18.1 Å². The van der Waals surface area contributed by atoms with Crippen LogP contribution in [0.1, 0.15) is 37.0 Å². The van der Waals surface area contributed by atoms with Gasteiger partial charge in [0.1, 0.15) is 0 Å². The molecular formula is C24H31N5OS. The lowest BCUT2D eigenvalue weighted by molar-refractivity contribution is -0.121. The highest BCUT2D eigenvalue weighted by Gasteiger charge is 2.12. The zero-order valence-corrected chi connectivity index (χ0v) is 19.5. The minimum absolute atomic E-state index is 0.00897. The zero-order chi connectivity index (χ0) is 22.4. The average molecular weight is 438 g/mol. The summed E-state index contributed by atoms with van der Waals surface area (Å²) in [6.45, 7) is 8.24. The topological polar surface area (TPSA) is 66.0 Å². The molecule has 2 aromatic carbocycles. The number of amides is 1. The van der Waals surface area contributed by atoms with Crippen LogP contribution in [0.5, 0.6) is 0 Å². The van der Waals surface area contributed by atoms with Gasteiger partial charge in [0.25, 0.3) is 0 Å². The predicted molar refractivity (Wildman–Crippen MR) is 127 cm³/mol. The maximum atomic E-state index is 12.6. The van der Waals surface area contributed by atoms with Gasteiger partial charge in [0.05, 0.1) is 0 Å². The third-order valence-corrected chi connectivity index (χ3v) is 5.80. The van der Waals surface area contributed by atoms with Crippen molar-refractivity contribution in [1.82, 2.24) is 25.0 Å². The van der Waals surface area contributed by atoms with Crippen LogP contribution in [0.3, 0.4) is 0 Å². The molecule has 1 amide bonds. The van der Waals surface area contributed by atoms with Crippen LogP contribution in [-0.4, -0.2) is 38.7 Å². The van der Waals surface area contributed by atoms with Gasteiger partial charge in [0.2, 0.25) is 5.91 Å². The highest BCUT2D eigenvalue weighted by molar-refractivity contribution is 7.71. The molecule has 0 aliphatic heterocycles. The fourth-order valence-electron chi connectivity index (χ4n) is 3.36. The fraction of sp³-hybridized carbons (Fsp3) is 0.375. The molecular weight excluding hydrogens is 406 g/mol. The number of hydrogen-bond donors (Lipinski definition) is 2. The first kappa shape index (κ1) is 22.9. The Balaban J connectivity index is 1.61. The molecule has 164 valence electrons. The van der Waals surface area contributed by atoms with Crippen LogP contribution in [0.2, 0.25) is 0 Å². The van der Waals surface area contributed by atoms with E-state index in [4.69, 9.17) is 12.2 Å². The Hall–Kier alpha value is -2.77. The molecule has 7 heteroatoms. The van der Waals surface area contributed by atoms with Crippen molar-refractivity contribution in [3.05, 3.63) is 70.0 Å². The molecule has 0 aliphatic carbocycles. The van der Waals surface area contributed by atoms with E-state index in [0.717, 1.165) is 29.1 Å². The third kappa shape index (κ3) is 6.12. The van der Waals surface area contributed by atoms with Gasteiger partial charge in [-0.3, -0.25) is 19.4 Å². The number of carbonyl (C=O) groups is 1. The van der Waals surface area contributed by atoms with Gasteiger partial charge in [0.15, 0.2) is 10.6 Å². The summed E-state index contributed by atoms with van der Waals surface area (Å²) in [7, 11) is 2.11. The molecule has 0 spiro atoms. The van der Waals surface area contributed by atoms with Crippen molar-refractivity contribution in [2.75, 3.05) is 7.05 Å². The average Bonchev–Trinajstić information content (AvgIpc) is 3.11. The second-order valence-electron chi connectivity index (χ2n) is 8.18. The van der Waals surface area contributed by atoms with E-state index >= 15 is 0 Å². The summed E-state index contributed by atoms with van der Waals surface area (Å²) in [4.78, 5) is 14.9. The van der Waals surface area contributed by atoms with Gasteiger partial charge < -0.3 is 5.32 Å². The maximum absolute atomic E-state index is 12.6. The molecule has 0 unspecified atom stereocenters. The van der Waals surface area contributed by atoms with Crippen molar-refractivity contribution < 1.29 is 4.79 Å². The summed E-state index contributed by atoms with van der Waals surface area (Å²) in [5, 5.41) is 10.3. The van der Waals surface area contributed by atoms with Crippen LogP contribution in [0.15, 0.2) is 48.5 Å². The van der Waals surface area contributed by atoms with Gasteiger partial charge in [-0.15, -0.1) is 0 Å². The maximum Gasteiger partial charge on any atom is 0.222 e. The van der Waals surface area contributed by atoms with Crippen molar-refractivity contribution in [2.24, 2.45) is 0 Å². The fourth-order valence-corrected chi connectivity index (χ4v) is 3.58. The molecule has 0 saturated carbocycles. The number of nitrogens with zero attached hydrogens (tertiary/aromatic N) is 3. The van der Waals surface area contributed by atoms with E-state index in [2.05, 4.69) is 59.5 Å². The number of benzene rings is 2. The summed E-state index contributed by atoms with van der Waals surface area (Å²) < 4.78 is 2.40. The van der Waals surface area contributed by atoms with Crippen molar-refractivity contribution in [3.8, 4) is 11.4 Å². The van der Waals surface area contributed by atoms with Gasteiger partial charge in [-0.05, 0) is 57.2 Å². The monoisotopic (exact) mass is 437 g/mol. The first-order chi connectivity index (χ1) is 14.8. The Morgan fingerprint density at radius 3 is 2.65 bits per heavy atom. The first-order valence-corrected chi connectivity index (χ1v) is 11.0. The van der Waals surface area contributed by atoms with Gasteiger partial charge in [-0.2, -0.15) is 5.10 Å². The quantitative estimate of drug-likeness (QED) is 0.485. The lowest BCUT2D eigenvalue weighted by atomic mass is 10.1. The number of nitrogens with one attached hydrogen (secondary N) is 2. The normalized spacial score (nSPS) is 11.3. The molecule has 0 saturated heterocycles. The molecule has 3 rings (SSSR count). The van der Waals surface area contributed by atoms with E-state index in [1.54, 1.807) is 0 Å². The molecule has 1 heterocycles. The highest BCUT2D eigenvalue weighted by Crippen LogP contribution is 2.19. The Morgan fingerprint density at radius 1 is 1.19 bits per heavy atom. The van der Waals surface area contributed by atoms with Gasteiger partial charge in [-0.1, -0.05) is 48.0 Å². The number of rotatable bonds is 9. The van der Waals surface area contributed by atoms with E-state index in [-0.39, 0.29) is 5.91 Å². The second kappa shape index (κ2) is 10.5. The smallest absolute Gasteiger partial charge is 0.222 e. The molecule has 1 aromatic heterocycles. The number of H-pyrrole nitrogens is 1. The largest absolute Gasteiger partial charge is 0.352 e. The Kier molecular flexibility index (Phi) is 7.76. The second-order valence-corrected chi connectivity index (χ2v) is 8.56. The molecule has 0 fully saturated rings. The highest BCUT2D eigenvalue weighted by atomic mass is 32.1. The SMILES string of the molecule is Cc1cccc(-c2n[nH]c(=S)n2CCC(=O)NCc2ccccc2CN(C)C(C)C)c1. The van der Waals surface area contributed by atoms with E-state index in [0.29, 0.717) is 30.3 Å². The standard InChI is InChI=1S/C24H31N5OS/c1-17(2)28(4)16-21-10-6-5-9-20(21)15-25-22(30)12-13-29-23(26-27-24(29)31)19-11-7-8-18(3)14-19/h5-11,14,17H,12-13,15-16H2,1-4H3,(H,25,30)(H,27,31). The molecule has 0 radical (unpaired) electrons. The summed E-state index contributed by atoms with van der Waals surface area (Å²) >= 11 is 5.39. The number of hydrogen-bond acceptors (Lipinski definition) is 4. The van der Waals surface area contributed by atoms with E-state index in [9.17, 15) is 4.79 Å². The summed E-state index contributed by atoms with van der Waals surface area (Å²) in [5.74, 6) is 0.744. The Morgan fingerprint density at radius 2 is 1.94 bits per heavy atom. The number of aromatic nitrogens is 3. The van der Waals surface area contributed by atoms with Crippen molar-refractivity contribution in [1.29, 1.82) is 0 Å². The van der Waals surface area contributed by atoms with Gasteiger partial charge >= 0.3 is 0 Å². The summed E-state index contributed by atoms with van der Waals surface area (Å²) in [5.41, 5.74) is 4.51. The number of aromatic amines is 1. The predicted octanol–water partition coefficient (Wildman–Crippen LogP) is 4.46. The number of aryl methyl sites for hydroxylation is 1. The zero-order valence-electron chi connectivity index (χ0n) is 18.7. The molecule has 0 aliphatic rings. The van der Waals surface area contributed by atoms with Crippen molar-refractivity contribution in [2.45, 2.75) is 52.9 Å². The molecule has 2 N–H and O–H groups in total. The Bertz CT molecular complexity index is 1090.